The summed E-state index contributed by atoms with van der Waals surface area (Å²) >= 11 is 0. The summed E-state index contributed by atoms with van der Waals surface area (Å²) in [4.78, 5) is 0. The molecule has 136 valence electrons. The molecular formula is C10H15F6N3O3S. The maximum absolute atomic E-state index is 12.4. The number of rotatable bonds is 6. The average Bonchev–Trinajstić information content (AvgIpc) is 2.38. The molecule has 0 aliphatic carbocycles. The molecule has 0 unspecified atom stereocenters. The first-order valence-corrected chi connectivity index (χ1v) is 7.50. The van der Waals surface area contributed by atoms with E-state index in [1.807, 2.05) is 0 Å². The van der Waals surface area contributed by atoms with E-state index in [-0.39, 0.29) is 13.1 Å². The third kappa shape index (κ3) is 6.97. The number of hydrogen-bond acceptors (Lipinski definition) is 6. The molecule has 13 heteroatoms. The molecule has 0 fully saturated rings. The van der Waals surface area contributed by atoms with Crippen LogP contribution < -0.4 is 5.73 Å². The van der Waals surface area contributed by atoms with Gasteiger partial charge in [0.15, 0.2) is 0 Å². The number of nitrogens with zero attached hydrogens (tertiary/aromatic N) is 2. The molecule has 0 aromatic heterocycles. The molecule has 0 spiro atoms. The fraction of sp³-hybridized carbons (Fsp3) is 0.700. The molecule has 0 rings (SSSR count). The minimum atomic E-state index is -6.19. The van der Waals surface area contributed by atoms with Gasteiger partial charge in [-0.2, -0.15) is 34.8 Å². The van der Waals surface area contributed by atoms with Gasteiger partial charge in [0.2, 0.25) is 0 Å². The summed E-state index contributed by atoms with van der Waals surface area (Å²) < 4.78 is 100. The van der Waals surface area contributed by atoms with Gasteiger partial charge in [0.05, 0.1) is 6.42 Å². The van der Waals surface area contributed by atoms with Gasteiger partial charge >= 0.3 is 21.8 Å². The summed E-state index contributed by atoms with van der Waals surface area (Å²) in [6, 6.07) is 0. The summed E-state index contributed by atoms with van der Waals surface area (Å²) in [7, 11) is -6.19. The lowest BCUT2D eigenvalue weighted by Crippen LogP contribution is -2.31. The second-order valence-electron chi connectivity index (χ2n) is 4.01. The van der Waals surface area contributed by atoms with E-state index in [0.717, 1.165) is 5.01 Å². The standard InChI is InChI=1S/C10H15F6N3O3S/c1-3-19(4-2)18-8(7(6-17)5-9(11,12)13)22-23(20,21)10(14,15)16/h6H,3-5,17H2,1-2H3. The average molecular weight is 371 g/mol. The Balaban J connectivity index is 5.85. The second kappa shape index (κ2) is 7.75. The van der Waals surface area contributed by atoms with E-state index in [4.69, 9.17) is 5.73 Å². The molecule has 6 nitrogen and oxygen atoms in total. The zero-order valence-corrected chi connectivity index (χ0v) is 12.9. The van der Waals surface area contributed by atoms with Crippen LogP contribution in [-0.2, 0) is 14.3 Å². The Labute approximate surface area is 128 Å². The molecular weight excluding hydrogens is 356 g/mol. The van der Waals surface area contributed by atoms with Gasteiger partial charge < -0.3 is 9.92 Å². The van der Waals surface area contributed by atoms with Crippen LogP contribution in [0, 0.1) is 0 Å². The van der Waals surface area contributed by atoms with Crippen molar-refractivity contribution in [3.05, 3.63) is 11.8 Å². The molecule has 0 bridgehead atoms. The van der Waals surface area contributed by atoms with Crippen LogP contribution in [0.2, 0.25) is 0 Å². The monoisotopic (exact) mass is 371 g/mol. The first kappa shape index (κ1) is 21.3. The molecule has 0 heterocycles. The predicted octanol–water partition coefficient (Wildman–Crippen LogP) is 2.30. The Kier molecular flexibility index (Phi) is 7.19. The molecule has 0 aromatic rings. The van der Waals surface area contributed by atoms with Gasteiger partial charge in [-0.1, -0.05) is 0 Å². The summed E-state index contributed by atoms with van der Waals surface area (Å²) in [6.07, 6.45) is -6.38. The predicted molar refractivity (Wildman–Crippen MR) is 69.4 cm³/mol. The minimum Gasteiger partial charge on any atom is -0.404 e. The third-order valence-corrected chi connectivity index (χ3v) is 3.25. The number of alkyl halides is 6. The van der Waals surface area contributed by atoms with Crippen LogP contribution in [-0.4, -0.2) is 44.1 Å². The molecule has 0 aliphatic heterocycles. The lowest BCUT2D eigenvalue weighted by molar-refractivity contribution is -0.126. The fourth-order valence-corrected chi connectivity index (χ4v) is 1.64. The molecule has 0 amide bonds. The van der Waals surface area contributed by atoms with Crippen LogP contribution in [0.5, 0.6) is 0 Å². The summed E-state index contributed by atoms with van der Waals surface area (Å²) in [6.45, 7) is 3.16. The molecule has 0 atom stereocenters. The third-order valence-electron chi connectivity index (χ3n) is 2.30. The summed E-state index contributed by atoms with van der Waals surface area (Å²) in [5.41, 5.74) is -1.92. The van der Waals surface area contributed by atoms with Crippen molar-refractivity contribution in [2.45, 2.75) is 32.0 Å². The Morgan fingerprint density at radius 1 is 1.17 bits per heavy atom. The van der Waals surface area contributed by atoms with Crippen LogP contribution in [0.25, 0.3) is 0 Å². The van der Waals surface area contributed by atoms with Gasteiger partial charge in [0, 0.05) is 24.9 Å². The molecule has 0 radical (unpaired) electrons. The Morgan fingerprint density at radius 2 is 1.65 bits per heavy atom. The van der Waals surface area contributed by atoms with Crippen molar-refractivity contribution in [2.75, 3.05) is 13.1 Å². The topological polar surface area (TPSA) is 85.0 Å². The van der Waals surface area contributed by atoms with Gasteiger partial charge in [0.25, 0.3) is 5.90 Å². The number of hydrogen-bond donors (Lipinski definition) is 1. The normalized spacial score (nSPS) is 14.8. The minimum absolute atomic E-state index is 0.0826. The molecule has 0 aromatic carbocycles. The molecule has 23 heavy (non-hydrogen) atoms. The van der Waals surface area contributed by atoms with Gasteiger partial charge in [-0.15, -0.1) is 5.10 Å². The first-order valence-electron chi connectivity index (χ1n) is 6.09. The van der Waals surface area contributed by atoms with Crippen LogP contribution in [0.4, 0.5) is 26.3 Å². The second-order valence-corrected chi connectivity index (χ2v) is 5.55. The molecule has 2 N–H and O–H groups in total. The van der Waals surface area contributed by atoms with E-state index in [1.54, 1.807) is 0 Å². The van der Waals surface area contributed by atoms with Crippen molar-refractivity contribution < 1.29 is 38.9 Å². The maximum atomic E-state index is 12.4. The van der Waals surface area contributed by atoms with Crippen molar-refractivity contribution >= 4 is 16.0 Å². The Hall–Kier alpha value is -1.66. The smallest absolute Gasteiger partial charge is 0.404 e. The Bertz CT molecular complexity index is 549. The van der Waals surface area contributed by atoms with Crippen molar-refractivity contribution in [2.24, 2.45) is 10.8 Å². The van der Waals surface area contributed by atoms with E-state index < -0.39 is 39.7 Å². The van der Waals surface area contributed by atoms with Crippen molar-refractivity contribution in [3.63, 3.8) is 0 Å². The van der Waals surface area contributed by atoms with Crippen molar-refractivity contribution in [3.8, 4) is 0 Å². The van der Waals surface area contributed by atoms with Gasteiger partial charge in [-0.25, -0.2) is 0 Å². The van der Waals surface area contributed by atoms with Crippen LogP contribution in [0.15, 0.2) is 16.9 Å². The molecule has 0 aliphatic rings. The van der Waals surface area contributed by atoms with Gasteiger partial charge in [-0.3, -0.25) is 5.01 Å². The first-order chi connectivity index (χ1) is 10.3. The fourth-order valence-electron chi connectivity index (χ4n) is 1.20. The number of hydrazone groups is 1. The Morgan fingerprint density at radius 3 is 1.96 bits per heavy atom. The van der Waals surface area contributed by atoms with Gasteiger partial charge in [-0.05, 0) is 13.8 Å². The maximum Gasteiger partial charge on any atom is 0.534 e. The highest BCUT2D eigenvalue weighted by Gasteiger charge is 2.50. The lowest BCUT2D eigenvalue weighted by Gasteiger charge is -2.19. The van der Waals surface area contributed by atoms with E-state index >= 15 is 0 Å². The lowest BCUT2D eigenvalue weighted by atomic mass is 10.2. The highest BCUT2D eigenvalue weighted by atomic mass is 32.2. The number of halogens is 6. The van der Waals surface area contributed by atoms with Crippen molar-refractivity contribution in [1.29, 1.82) is 0 Å². The zero-order chi connectivity index (χ0) is 18.5. The molecule has 0 saturated carbocycles. The highest BCUT2D eigenvalue weighted by Crippen LogP contribution is 2.29. The van der Waals surface area contributed by atoms with E-state index in [2.05, 4.69) is 9.28 Å². The quantitative estimate of drug-likeness (QED) is 0.193. The van der Waals surface area contributed by atoms with Crippen LogP contribution in [0.1, 0.15) is 20.3 Å². The van der Waals surface area contributed by atoms with E-state index in [9.17, 15) is 34.8 Å². The van der Waals surface area contributed by atoms with E-state index in [1.165, 1.54) is 13.8 Å². The number of nitrogens with two attached hydrogens (primary N) is 1. The van der Waals surface area contributed by atoms with Crippen LogP contribution in [0.3, 0.4) is 0 Å². The zero-order valence-electron chi connectivity index (χ0n) is 12.1. The largest absolute Gasteiger partial charge is 0.534 e. The summed E-state index contributed by atoms with van der Waals surface area (Å²) in [5.74, 6) is -1.38. The van der Waals surface area contributed by atoms with Crippen LogP contribution >= 0.6 is 0 Å². The van der Waals surface area contributed by atoms with E-state index in [0.29, 0.717) is 6.20 Å². The molecule has 0 saturated heterocycles. The van der Waals surface area contributed by atoms with Gasteiger partial charge in [0.1, 0.15) is 0 Å². The highest BCUT2D eigenvalue weighted by molar-refractivity contribution is 7.88. The van der Waals surface area contributed by atoms with Crippen molar-refractivity contribution in [1.82, 2.24) is 5.01 Å². The SMILES string of the molecule is CCN(CC)N=C(OS(=O)(=O)C(F)(F)F)C(=CN)CC(F)(F)F. The summed E-state index contributed by atoms with van der Waals surface area (Å²) in [5, 5.41) is 4.37.